The minimum absolute atomic E-state index is 0.175. The maximum atomic E-state index is 12.6. The van der Waals surface area contributed by atoms with E-state index in [1.54, 1.807) is 23.9 Å². The van der Waals surface area contributed by atoms with Gasteiger partial charge in [-0.15, -0.1) is 11.8 Å². The predicted octanol–water partition coefficient (Wildman–Crippen LogP) is 4.70. The van der Waals surface area contributed by atoms with Crippen molar-refractivity contribution in [1.82, 2.24) is 5.32 Å². The number of esters is 1. The Labute approximate surface area is 180 Å². The number of nitrogens with one attached hydrogen (secondary N) is 1. The first-order valence-electron chi connectivity index (χ1n) is 9.68. The molecule has 3 rings (SSSR count). The lowest BCUT2D eigenvalue weighted by Gasteiger charge is -2.16. The minimum Gasteiger partial charge on any atom is -0.467 e. The molecule has 1 heterocycles. The summed E-state index contributed by atoms with van der Waals surface area (Å²) < 4.78 is 10.6. The lowest BCUT2D eigenvalue weighted by molar-refractivity contribution is -0.142. The van der Waals surface area contributed by atoms with E-state index in [1.807, 2.05) is 36.4 Å². The van der Waals surface area contributed by atoms with E-state index < -0.39 is 17.9 Å². The normalized spacial score (nSPS) is 11.7. The molecule has 1 aromatic heterocycles. The van der Waals surface area contributed by atoms with Crippen molar-refractivity contribution in [3.63, 3.8) is 0 Å². The molecular formula is C24H25NO4S. The van der Waals surface area contributed by atoms with E-state index in [0.29, 0.717) is 17.9 Å². The number of aryl methyl sites for hydroxylation is 2. The van der Waals surface area contributed by atoms with Gasteiger partial charge in [0.1, 0.15) is 11.8 Å². The van der Waals surface area contributed by atoms with Crippen LogP contribution < -0.4 is 5.32 Å². The molecule has 0 saturated heterocycles. The fraction of sp³-hybridized carbons (Fsp3) is 0.250. The molecule has 1 amide bonds. The monoisotopic (exact) mass is 423 g/mol. The number of rotatable bonds is 8. The Balaban J connectivity index is 1.64. The van der Waals surface area contributed by atoms with E-state index in [9.17, 15) is 9.59 Å². The summed E-state index contributed by atoms with van der Waals surface area (Å²) in [4.78, 5) is 26.0. The van der Waals surface area contributed by atoms with Gasteiger partial charge in [0.2, 0.25) is 0 Å². The number of methoxy groups -OCH3 is 1. The van der Waals surface area contributed by atoms with Gasteiger partial charge in [0.25, 0.3) is 5.91 Å². The summed E-state index contributed by atoms with van der Waals surface area (Å²) in [7, 11) is 1.31. The number of thioether (sulfide) groups is 1. The average Bonchev–Trinajstić information content (AvgIpc) is 3.22. The third-order valence-corrected chi connectivity index (χ3v) is 6.09. The first-order chi connectivity index (χ1) is 14.5. The number of carbonyl (C=O) groups is 2. The second-order valence-electron chi connectivity index (χ2n) is 7.01. The summed E-state index contributed by atoms with van der Waals surface area (Å²) >= 11 is 1.68. The predicted molar refractivity (Wildman–Crippen MR) is 118 cm³/mol. The molecule has 0 radical (unpaired) electrons. The first kappa shape index (κ1) is 21.7. The quantitative estimate of drug-likeness (QED) is 0.420. The highest BCUT2D eigenvalue weighted by Crippen LogP contribution is 2.29. The van der Waals surface area contributed by atoms with Gasteiger partial charge in [0.05, 0.1) is 12.9 Å². The molecule has 3 aromatic rings. The zero-order valence-electron chi connectivity index (χ0n) is 17.3. The van der Waals surface area contributed by atoms with E-state index in [0.717, 1.165) is 5.56 Å². The van der Waals surface area contributed by atoms with Gasteiger partial charge in [-0.25, -0.2) is 4.79 Å². The molecule has 0 bridgehead atoms. The molecule has 2 aromatic carbocycles. The van der Waals surface area contributed by atoms with Gasteiger partial charge in [0.15, 0.2) is 5.76 Å². The number of hydrogen-bond donors (Lipinski definition) is 1. The van der Waals surface area contributed by atoms with Gasteiger partial charge in [-0.1, -0.05) is 48.5 Å². The van der Waals surface area contributed by atoms with Crippen molar-refractivity contribution >= 4 is 23.6 Å². The number of hydrogen-bond acceptors (Lipinski definition) is 5. The van der Waals surface area contributed by atoms with Crippen molar-refractivity contribution in [2.75, 3.05) is 7.11 Å². The number of carbonyl (C=O) groups excluding carboxylic acids is 2. The van der Waals surface area contributed by atoms with Crippen molar-refractivity contribution in [3.05, 3.63) is 88.9 Å². The molecule has 0 fully saturated rings. The van der Waals surface area contributed by atoms with Crippen molar-refractivity contribution in [2.24, 2.45) is 0 Å². The van der Waals surface area contributed by atoms with Crippen molar-refractivity contribution in [2.45, 2.75) is 37.0 Å². The van der Waals surface area contributed by atoms with Crippen LogP contribution in [0.2, 0.25) is 0 Å². The smallest absolute Gasteiger partial charge is 0.328 e. The van der Waals surface area contributed by atoms with Crippen LogP contribution in [0.4, 0.5) is 0 Å². The van der Waals surface area contributed by atoms with Crippen LogP contribution in [0.5, 0.6) is 0 Å². The zero-order valence-corrected chi connectivity index (χ0v) is 18.1. The van der Waals surface area contributed by atoms with Crippen LogP contribution in [-0.2, 0) is 21.7 Å². The van der Waals surface area contributed by atoms with E-state index in [-0.39, 0.29) is 5.76 Å². The van der Waals surface area contributed by atoms with Gasteiger partial charge in [-0.2, -0.15) is 0 Å². The van der Waals surface area contributed by atoms with Gasteiger partial charge < -0.3 is 14.5 Å². The molecule has 156 valence electrons. The summed E-state index contributed by atoms with van der Waals surface area (Å²) in [5, 5.41) is 2.72. The summed E-state index contributed by atoms with van der Waals surface area (Å²) in [5.74, 6) is 0.553. The fourth-order valence-electron chi connectivity index (χ4n) is 3.16. The summed E-state index contributed by atoms with van der Waals surface area (Å²) in [6.07, 6.45) is 0.342. The molecule has 1 unspecified atom stereocenters. The Morgan fingerprint density at radius 1 is 1.00 bits per heavy atom. The number of ether oxygens (including phenoxy) is 1. The average molecular weight is 424 g/mol. The molecule has 1 atom stereocenters. The number of furan rings is 1. The van der Waals surface area contributed by atoms with E-state index >= 15 is 0 Å². The summed E-state index contributed by atoms with van der Waals surface area (Å²) in [6.45, 7) is 4.16. The lowest BCUT2D eigenvalue weighted by Crippen LogP contribution is -2.43. The zero-order chi connectivity index (χ0) is 21.5. The van der Waals surface area contributed by atoms with Crippen LogP contribution in [0, 0.1) is 13.8 Å². The van der Waals surface area contributed by atoms with Crippen LogP contribution in [-0.4, -0.2) is 25.0 Å². The maximum Gasteiger partial charge on any atom is 0.328 e. The molecule has 5 nitrogen and oxygen atoms in total. The molecule has 0 aliphatic heterocycles. The van der Waals surface area contributed by atoms with Crippen LogP contribution in [0.15, 0.2) is 70.0 Å². The highest BCUT2D eigenvalue weighted by molar-refractivity contribution is 7.98. The number of benzene rings is 2. The third-order valence-electron chi connectivity index (χ3n) is 4.73. The summed E-state index contributed by atoms with van der Waals surface area (Å²) in [6, 6.07) is 18.3. The summed E-state index contributed by atoms with van der Waals surface area (Å²) in [5.41, 5.74) is 3.36. The highest BCUT2D eigenvalue weighted by atomic mass is 32.2. The van der Waals surface area contributed by atoms with Gasteiger partial charge >= 0.3 is 5.97 Å². The molecule has 1 N–H and O–H groups in total. The molecule has 0 spiro atoms. The van der Waals surface area contributed by atoms with E-state index in [2.05, 4.69) is 31.3 Å². The van der Waals surface area contributed by atoms with Gasteiger partial charge in [-0.3, -0.25) is 4.79 Å². The van der Waals surface area contributed by atoms with E-state index in [1.165, 1.54) is 23.1 Å². The highest BCUT2D eigenvalue weighted by Gasteiger charge is 2.24. The molecule has 0 aliphatic rings. The largest absolute Gasteiger partial charge is 0.467 e. The Kier molecular flexibility index (Phi) is 7.36. The molecular weight excluding hydrogens is 398 g/mol. The fourth-order valence-corrected chi connectivity index (χ4v) is 4.20. The van der Waals surface area contributed by atoms with Crippen molar-refractivity contribution in [1.29, 1.82) is 0 Å². The molecule has 0 aliphatic carbocycles. The SMILES string of the molecule is COC(=O)C(Cc1ccccc1)NC(=O)c1ccc(CSc2c(C)cccc2C)o1. The second kappa shape index (κ2) is 10.2. The van der Waals surface area contributed by atoms with Gasteiger partial charge in [-0.05, 0) is 42.7 Å². The van der Waals surface area contributed by atoms with Crippen LogP contribution in [0.25, 0.3) is 0 Å². The Bertz CT molecular complexity index is 993. The topological polar surface area (TPSA) is 68.5 Å². The molecule has 6 heteroatoms. The molecule has 0 saturated carbocycles. The Hall–Kier alpha value is -2.99. The number of amides is 1. The van der Waals surface area contributed by atoms with E-state index in [4.69, 9.17) is 9.15 Å². The first-order valence-corrected chi connectivity index (χ1v) is 10.7. The molecule has 30 heavy (non-hydrogen) atoms. The Morgan fingerprint density at radius 3 is 2.37 bits per heavy atom. The Morgan fingerprint density at radius 2 is 1.70 bits per heavy atom. The second-order valence-corrected chi connectivity index (χ2v) is 8.00. The lowest BCUT2D eigenvalue weighted by atomic mass is 10.1. The standard InChI is InChI=1S/C24H25NO4S/c1-16-8-7-9-17(2)22(16)30-15-19-12-13-21(29-19)23(26)25-20(24(27)28-3)14-18-10-5-4-6-11-18/h4-13,20H,14-15H2,1-3H3,(H,25,26). The van der Waals surface area contributed by atoms with Crippen LogP contribution in [0.3, 0.4) is 0 Å². The van der Waals surface area contributed by atoms with Crippen LogP contribution in [0.1, 0.15) is 33.0 Å². The van der Waals surface area contributed by atoms with Crippen molar-refractivity contribution in [3.8, 4) is 0 Å². The third kappa shape index (κ3) is 5.54. The minimum atomic E-state index is -0.789. The van der Waals surface area contributed by atoms with Crippen LogP contribution >= 0.6 is 11.8 Å². The maximum absolute atomic E-state index is 12.6. The van der Waals surface area contributed by atoms with Gasteiger partial charge in [0, 0.05) is 11.3 Å². The van der Waals surface area contributed by atoms with Crippen molar-refractivity contribution < 1.29 is 18.7 Å².